The predicted molar refractivity (Wildman–Crippen MR) is 96.9 cm³/mol. The van der Waals surface area contributed by atoms with Gasteiger partial charge in [-0.2, -0.15) is 4.98 Å². The number of aromatic amines is 1. The molecule has 1 aliphatic heterocycles. The lowest BCUT2D eigenvalue weighted by Crippen LogP contribution is -2.33. The Balaban J connectivity index is 1.76. The summed E-state index contributed by atoms with van der Waals surface area (Å²) < 4.78 is 6.86. The Morgan fingerprint density at radius 2 is 2.11 bits per heavy atom. The molecule has 0 saturated carbocycles. The highest BCUT2D eigenvalue weighted by molar-refractivity contribution is 5.70. The van der Waals surface area contributed by atoms with Crippen LogP contribution in [0.2, 0.25) is 0 Å². The van der Waals surface area contributed by atoms with Crippen LogP contribution in [-0.2, 0) is 4.74 Å². The second kappa shape index (κ2) is 8.76. The van der Waals surface area contributed by atoms with Crippen molar-refractivity contribution in [2.75, 3.05) is 18.6 Å². The van der Waals surface area contributed by atoms with E-state index in [1.165, 1.54) is 17.3 Å². The van der Waals surface area contributed by atoms with Gasteiger partial charge in [-0.25, -0.2) is 10.4 Å². The summed E-state index contributed by atoms with van der Waals surface area (Å²) in [7, 11) is 0. The molecule has 6 N–H and O–H groups in total. The highest BCUT2D eigenvalue weighted by Crippen LogP contribution is 2.30. The lowest BCUT2D eigenvalue weighted by Gasteiger charge is -2.16. The molecule has 0 aromatic carbocycles. The van der Waals surface area contributed by atoms with Crippen LogP contribution in [0.15, 0.2) is 11.1 Å². The summed E-state index contributed by atoms with van der Waals surface area (Å²) in [5, 5.41) is 29.4. The summed E-state index contributed by atoms with van der Waals surface area (Å²) in [6.45, 7) is 2.42. The largest absolute Gasteiger partial charge is 0.394 e. The number of unbranched alkanes of at least 4 members (excludes halogenated alkanes) is 3. The molecule has 2 aromatic rings. The summed E-state index contributed by atoms with van der Waals surface area (Å²) in [6, 6.07) is 0. The fraction of sp³-hybridized carbons (Fsp3) is 0.688. The van der Waals surface area contributed by atoms with E-state index in [0.29, 0.717) is 0 Å². The minimum atomic E-state index is -1.28. The fourth-order valence-corrected chi connectivity index (χ4v) is 3.07. The highest BCUT2D eigenvalue weighted by atomic mass is 16.6. The van der Waals surface area contributed by atoms with Gasteiger partial charge in [0, 0.05) is 6.54 Å². The van der Waals surface area contributed by atoms with Crippen molar-refractivity contribution in [1.29, 1.82) is 0 Å². The SMILES string of the molecule is CCCCCCNNc1nc2c(ncn2[C@@H]2O[C@H](CO)[C@@H](O)[C@H]2O)c(=O)[nH]1. The van der Waals surface area contributed by atoms with Crippen molar-refractivity contribution in [2.24, 2.45) is 0 Å². The highest BCUT2D eigenvalue weighted by Gasteiger charge is 2.44. The van der Waals surface area contributed by atoms with E-state index in [-0.39, 0.29) is 17.1 Å². The van der Waals surface area contributed by atoms with Gasteiger partial charge in [0.1, 0.15) is 18.3 Å². The molecule has 0 aliphatic carbocycles. The summed E-state index contributed by atoms with van der Waals surface area (Å²) >= 11 is 0. The number of hydrogen-bond acceptors (Lipinski definition) is 9. The average Bonchev–Trinajstić information content (AvgIpc) is 3.20. The third-order valence-electron chi connectivity index (χ3n) is 4.59. The van der Waals surface area contributed by atoms with Crippen LogP contribution < -0.4 is 16.4 Å². The van der Waals surface area contributed by atoms with Crippen molar-refractivity contribution in [3.8, 4) is 0 Å². The molecule has 0 radical (unpaired) electrons. The average molecular weight is 382 g/mol. The zero-order valence-corrected chi connectivity index (χ0v) is 15.1. The quantitative estimate of drug-likeness (QED) is 0.242. The van der Waals surface area contributed by atoms with E-state index in [2.05, 4.69) is 32.7 Å². The Hall–Kier alpha value is -2.05. The Morgan fingerprint density at radius 1 is 1.30 bits per heavy atom. The number of hydrazine groups is 1. The minimum Gasteiger partial charge on any atom is -0.394 e. The molecule has 11 nitrogen and oxygen atoms in total. The van der Waals surface area contributed by atoms with Crippen LogP contribution in [0.25, 0.3) is 11.2 Å². The lowest BCUT2D eigenvalue weighted by atomic mass is 10.1. The third kappa shape index (κ3) is 4.12. The zero-order chi connectivity index (χ0) is 19.4. The van der Waals surface area contributed by atoms with Crippen molar-refractivity contribution >= 4 is 17.1 Å². The van der Waals surface area contributed by atoms with Crippen molar-refractivity contribution in [2.45, 2.75) is 57.1 Å². The molecule has 3 heterocycles. The molecule has 4 atom stereocenters. The Morgan fingerprint density at radius 3 is 2.81 bits per heavy atom. The van der Waals surface area contributed by atoms with Crippen LogP contribution in [-0.4, -0.2) is 66.3 Å². The number of aliphatic hydroxyl groups is 3. The van der Waals surface area contributed by atoms with Gasteiger partial charge in [0.15, 0.2) is 17.4 Å². The van der Waals surface area contributed by atoms with Gasteiger partial charge in [-0.05, 0) is 6.42 Å². The first-order valence-electron chi connectivity index (χ1n) is 9.15. The van der Waals surface area contributed by atoms with E-state index in [0.717, 1.165) is 25.8 Å². The molecular weight excluding hydrogens is 356 g/mol. The maximum Gasteiger partial charge on any atom is 0.280 e. The summed E-state index contributed by atoms with van der Waals surface area (Å²) in [6.07, 6.45) is 1.29. The summed E-state index contributed by atoms with van der Waals surface area (Å²) in [5.41, 5.74) is 5.69. The van der Waals surface area contributed by atoms with Gasteiger partial charge in [0.25, 0.3) is 5.56 Å². The van der Waals surface area contributed by atoms with Gasteiger partial charge in [-0.1, -0.05) is 26.2 Å². The zero-order valence-electron chi connectivity index (χ0n) is 15.1. The van der Waals surface area contributed by atoms with Crippen LogP contribution in [0.5, 0.6) is 0 Å². The van der Waals surface area contributed by atoms with E-state index >= 15 is 0 Å². The molecule has 0 unspecified atom stereocenters. The number of aliphatic hydroxyl groups excluding tert-OH is 3. The van der Waals surface area contributed by atoms with Gasteiger partial charge in [0.05, 0.1) is 12.9 Å². The normalized spacial score (nSPS) is 25.3. The van der Waals surface area contributed by atoms with E-state index in [1.807, 2.05) is 0 Å². The van der Waals surface area contributed by atoms with Crippen molar-refractivity contribution in [1.82, 2.24) is 24.9 Å². The number of nitrogens with zero attached hydrogens (tertiary/aromatic N) is 3. The van der Waals surface area contributed by atoms with Crippen LogP contribution in [0, 0.1) is 0 Å². The topological polar surface area (TPSA) is 158 Å². The van der Waals surface area contributed by atoms with Crippen LogP contribution in [0.3, 0.4) is 0 Å². The monoisotopic (exact) mass is 382 g/mol. The number of imidazole rings is 1. The number of fused-ring (bicyclic) bond motifs is 1. The first kappa shape index (κ1) is 19.7. The third-order valence-corrected chi connectivity index (χ3v) is 4.59. The van der Waals surface area contributed by atoms with E-state index in [9.17, 15) is 20.1 Å². The molecule has 3 rings (SSSR count). The van der Waals surface area contributed by atoms with Crippen LogP contribution >= 0.6 is 0 Å². The maximum atomic E-state index is 12.2. The Bertz CT molecular complexity index is 808. The van der Waals surface area contributed by atoms with Gasteiger partial charge >= 0.3 is 0 Å². The molecule has 27 heavy (non-hydrogen) atoms. The number of rotatable bonds is 9. The van der Waals surface area contributed by atoms with Gasteiger partial charge in [-0.3, -0.25) is 19.8 Å². The number of ether oxygens (including phenoxy) is 1. The van der Waals surface area contributed by atoms with E-state index in [1.54, 1.807) is 0 Å². The molecule has 11 heteroatoms. The molecule has 1 fully saturated rings. The molecule has 150 valence electrons. The second-order valence-corrected chi connectivity index (χ2v) is 6.58. The predicted octanol–water partition coefficient (Wildman–Crippen LogP) is -0.772. The standard InChI is InChI=1S/C16H26N6O5/c1-2-3-4-5-6-18-21-16-19-13-10(14(26)20-16)17-8-22(13)15-12(25)11(24)9(7-23)27-15/h8-9,11-12,15,18,23-25H,2-7H2,1H3,(H2,19,20,21,26)/t9-,11-,12-,15-/m1/s1. The summed E-state index contributed by atoms with van der Waals surface area (Å²) in [4.78, 5) is 23.2. The number of H-pyrrole nitrogens is 1. The Kier molecular flexibility index (Phi) is 6.39. The Labute approximate surface area is 155 Å². The first-order valence-corrected chi connectivity index (χ1v) is 9.15. The maximum absolute atomic E-state index is 12.2. The molecule has 0 spiro atoms. The van der Waals surface area contributed by atoms with Gasteiger partial charge in [-0.15, -0.1) is 0 Å². The van der Waals surface area contributed by atoms with E-state index in [4.69, 9.17) is 4.74 Å². The lowest BCUT2D eigenvalue weighted by molar-refractivity contribution is -0.0511. The first-order chi connectivity index (χ1) is 13.1. The smallest absolute Gasteiger partial charge is 0.280 e. The molecule has 2 aromatic heterocycles. The van der Waals surface area contributed by atoms with Crippen LogP contribution in [0.4, 0.5) is 5.95 Å². The van der Waals surface area contributed by atoms with Crippen molar-refractivity contribution < 1.29 is 20.1 Å². The summed E-state index contributed by atoms with van der Waals surface area (Å²) in [5.74, 6) is 0.205. The van der Waals surface area contributed by atoms with Crippen LogP contribution in [0.1, 0.15) is 38.8 Å². The number of hydrogen-bond donors (Lipinski definition) is 6. The number of anilines is 1. The molecule has 1 saturated heterocycles. The minimum absolute atomic E-state index is 0.0845. The van der Waals surface area contributed by atoms with Gasteiger partial charge < -0.3 is 20.1 Å². The van der Waals surface area contributed by atoms with Crippen molar-refractivity contribution in [3.05, 3.63) is 16.7 Å². The number of aromatic nitrogens is 4. The molecule has 0 amide bonds. The number of nitrogens with one attached hydrogen (secondary N) is 3. The molecule has 1 aliphatic rings. The molecular formula is C16H26N6O5. The van der Waals surface area contributed by atoms with E-state index < -0.39 is 36.7 Å². The van der Waals surface area contributed by atoms with Gasteiger partial charge in [0.2, 0.25) is 5.95 Å². The fourth-order valence-electron chi connectivity index (χ4n) is 3.07. The van der Waals surface area contributed by atoms with Crippen molar-refractivity contribution in [3.63, 3.8) is 0 Å². The second-order valence-electron chi connectivity index (χ2n) is 6.58. The molecule has 0 bridgehead atoms.